The van der Waals surface area contributed by atoms with Crippen molar-refractivity contribution < 1.29 is 28.7 Å². The number of hydrogen-bond acceptors (Lipinski definition) is 7. The molecule has 0 saturated carbocycles. The third kappa shape index (κ3) is 8.22. The van der Waals surface area contributed by atoms with Crippen LogP contribution in [0.2, 0.25) is 18.1 Å². The minimum atomic E-state index is -2.06. The fourth-order valence-electron chi connectivity index (χ4n) is 3.76. The molecule has 1 aromatic rings. The van der Waals surface area contributed by atoms with E-state index in [1.54, 1.807) is 32.9 Å². The van der Waals surface area contributed by atoms with Crippen molar-refractivity contribution in [3.63, 3.8) is 0 Å². The standard InChI is InChI=1S/C26H44N2O6Si/c1-18(2)26(6,7)35(8,9)34-20-14-12-19(13-15-20)23(30)27-21-17-28(16-10-11-22(21)29)33-24(31)32-25(3,4)5/h12-15,18,21-22,29H,10-11,16-17H2,1-9H3,(H,27,30)/t21-,22-/m1/s1. The lowest BCUT2D eigenvalue weighted by Gasteiger charge is -2.42. The van der Waals surface area contributed by atoms with E-state index < -0.39 is 32.2 Å². The van der Waals surface area contributed by atoms with E-state index in [1.165, 1.54) is 5.06 Å². The van der Waals surface area contributed by atoms with Crippen LogP contribution in [-0.2, 0) is 9.57 Å². The number of rotatable bonds is 7. The van der Waals surface area contributed by atoms with Crippen molar-refractivity contribution in [1.29, 1.82) is 0 Å². The second-order valence-electron chi connectivity index (χ2n) is 11.7. The van der Waals surface area contributed by atoms with Crippen molar-refractivity contribution in [2.45, 2.75) is 97.2 Å². The summed E-state index contributed by atoms with van der Waals surface area (Å²) in [5.74, 6) is 0.927. The predicted octanol–water partition coefficient (Wildman–Crippen LogP) is 5.13. The summed E-state index contributed by atoms with van der Waals surface area (Å²) in [6, 6.07) is 6.51. The summed E-state index contributed by atoms with van der Waals surface area (Å²) in [7, 11) is -2.06. The molecule has 8 nitrogen and oxygen atoms in total. The zero-order chi connectivity index (χ0) is 26.6. The maximum absolute atomic E-state index is 12.9. The summed E-state index contributed by atoms with van der Waals surface area (Å²) >= 11 is 0. The molecule has 1 aliphatic rings. The molecular weight excluding hydrogens is 464 g/mol. The maximum Gasteiger partial charge on any atom is 0.528 e. The van der Waals surface area contributed by atoms with Crippen LogP contribution in [0.3, 0.4) is 0 Å². The summed E-state index contributed by atoms with van der Waals surface area (Å²) in [5.41, 5.74) is -0.204. The quantitative estimate of drug-likeness (QED) is 0.389. The first-order chi connectivity index (χ1) is 16.0. The normalized spacial score (nSPS) is 20.2. The lowest BCUT2D eigenvalue weighted by atomic mass is 9.99. The highest BCUT2D eigenvalue weighted by Gasteiger charge is 2.44. The number of carbonyl (C=O) groups excluding carboxylic acids is 2. The van der Waals surface area contributed by atoms with Gasteiger partial charge in [-0.2, -0.15) is 0 Å². The number of aliphatic hydroxyl groups excluding tert-OH is 1. The fourth-order valence-corrected chi connectivity index (χ4v) is 6.14. The molecule has 0 spiro atoms. The lowest BCUT2D eigenvalue weighted by Crippen LogP contribution is -2.49. The summed E-state index contributed by atoms with van der Waals surface area (Å²) in [6.07, 6.45) is -0.452. The van der Waals surface area contributed by atoms with Crippen LogP contribution in [0.5, 0.6) is 5.75 Å². The number of amides is 1. The molecule has 1 fully saturated rings. The summed E-state index contributed by atoms with van der Waals surface area (Å²) < 4.78 is 11.6. The van der Waals surface area contributed by atoms with E-state index in [2.05, 4.69) is 46.1 Å². The Bertz CT molecular complexity index is 864. The Morgan fingerprint density at radius 1 is 1.11 bits per heavy atom. The highest BCUT2D eigenvalue weighted by atomic mass is 28.4. The van der Waals surface area contributed by atoms with Gasteiger partial charge >= 0.3 is 6.16 Å². The van der Waals surface area contributed by atoms with Crippen molar-refractivity contribution >= 4 is 20.4 Å². The molecule has 0 unspecified atom stereocenters. The molecule has 2 rings (SSSR count). The van der Waals surface area contributed by atoms with Crippen LogP contribution in [-0.4, -0.2) is 61.4 Å². The molecule has 2 atom stereocenters. The molecule has 1 aromatic carbocycles. The molecule has 0 aromatic heterocycles. The van der Waals surface area contributed by atoms with Gasteiger partial charge in [-0.05, 0) is 81.9 Å². The van der Waals surface area contributed by atoms with Crippen LogP contribution in [0.1, 0.15) is 71.7 Å². The monoisotopic (exact) mass is 508 g/mol. The molecule has 1 aliphatic heterocycles. The Hall–Kier alpha value is -2.10. The second kappa shape index (κ2) is 11.3. The van der Waals surface area contributed by atoms with E-state index in [0.29, 0.717) is 30.9 Å². The zero-order valence-electron chi connectivity index (χ0n) is 22.8. The molecule has 2 N–H and O–H groups in total. The van der Waals surface area contributed by atoms with E-state index in [-0.39, 0.29) is 17.5 Å². The molecular formula is C26H44N2O6Si. The van der Waals surface area contributed by atoms with Gasteiger partial charge in [0.15, 0.2) is 0 Å². The van der Waals surface area contributed by atoms with E-state index in [0.717, 1.165) is 5.75 Å². The Labute approximate surface area is 211 Å². The topological polar surface area (TPSA) is 97.3 Å². The summed E-state index contributed by atoms with van der Waals surface area (Å²) in [6.45, 7) is 19.2. The average Bonchev–Trinajstić information content (AvgIpc) is 2.87. The number of hydroxylamine groups is 2. The first kappa shape index (κ1) is 29.1. The first-order valence-electron chi connectivity index (χ1n) is 12.5. The number of ether oxygens (including phenoxy) is 1. The number of hydrogen-bond donors (Lipinski definition) is 2. The Kier molecular flexibility index (Phi) is 9.41. The van der Waals surface area contributed by atoms with Gasteiger partial charge in [-0.3, -0.25) is 4.79 Å². The van der Waals surface area contributed by atoms with Gasteiger partial charge < -0.3 is 24.4 Å². The van der Waals surface area contributed by atoms with Gasteiger partial charge in [0, 0.05) is 12.1 Å². The van der Waals surface area contributed by atoms with Gasteiger partial charge in [-0.25, -0.2) is 4.79 Å². The predicted molar refractivity (Wildman–Crippen MR) is 139 cm³/mol. The summed E-state index contributed by atoms with van der Waals surface area (Å²) in [4.78, 5) is 30.3. The molecule has 35 heavy (non-hydrogen) atoms. The van der Waals surface area contributed by atoms with Gasteiger partial charge in [-0.15, -0.1) is 5.06 Å². The molecule has 1 heterocycles. The van der Waals surface area contributed by atoms with Gasteiger partial charge in [-0.1, -0.05) is 27.7 Å². The van der Waals surface area contributed by atoms with Crippen LogP contribution < -0.4 is 9.74 Å². The van der Waals surface area contributed by atoms with Gasteiger partial charge in [0.05, 0.1) is 18.7 Å². The lowest BCUT2D eigenvalue weighted by molar-refractivity contribution is -0.144. The zero-order valence-corrected chi connectivity index (χ0v) is 23.8. The maximum atomic E-state index is 12.9. The van der Waals surface area contributed by atoms with Crippen LogP contribution >= 0.6 is 0 Å². The second-order valence-corrected chi connectivity index (χ2v) is 16.3. The van der Waals surface area contributed by atoms with Crippen molar-refractivity contribution in [2.24, 2.45) is 5.92 Å². The fraction of sp³-hybridized carbons (Fsp3) is 0.692. The highest BCUT2D eigenvalue weighted by molar-refractivity contribution is 6.75. The SMILES string of the molecule is CC(C)C(C)(C)[Si](C)(C)Oc1ccc(C(=O)N[C@@H]2CN(OC(=O)OC(C)(C)C)CCC[C@H]2O)cc1. The molecule has 0 bridgehead atoms. The van der Waals surface area contributed by atoms with Crippen molar-refractivity contribution in [3.8, 4) is 5.75 Å². The van der Waals surface area contributed by atoms with Crippen LogP contribution in [0.25, 0.3) is 0 Å². The molecule has 1 amide bonds. The Balaban J connectivity index is 2.03. The smallest absolute Gasteiger partial charge is 0.528 e. The Morgan fingerprint density at radius 2 is 1.71 bits per heavy atom. The third-order valence-electron chi connectivity index (χ3n) is 7.17. The van der Waals surface area contributed by atoms with Crippen molar-refractivity contribution in [2.75, 3.05) is 13.1 Å². The number of carbonyl (C=O) groups is 2. The minimum Gasteiger partial charge on any atom is -0.543 e. The van der Waals surface area contributed by atoms with Crippen LogP contribution in [0.4, 0.5) is 4.79 Å². The van der Waals surface area contributed by atoms with E-state index in [1.807, 2.05) is 12.1 Å². The largest absolute Gasteiger partial charge is 0.543 e. The van der Waals surface area contributed by atoms with E-state index >= 15 is 0 Å². The van der Waals surface area contributed by atoms with Gasteiger partial charge in [0.2, 0.25) is 0 Å². The summed E-state index contributed by atoms with van der Waals surface area (Å²) in [5, 5.41) is 15.0. The molecule has 198 valence electrons. The van der Waals surface area contributed by atoms with E-state index in [4.69, 9.17) is 14.0 Å². The Morgan fingerprint density at radius 3 is 2.26 bits per heavy atom. The van der Waals surface area contributed by atoms with E-state index in [9.17, 15) is 14.7 Å². The van der Waals surface area contributed by atoms with Gasteiger partial charge in [0.1, 0.15) is 11.4 Å². The minimum absolute atomic E-state index is 0.0753. The third-order valence-corrected chi connectivity index (χ3v) is 11.6. The van der Waals surface area contributed by atoms with Crippen LogP contribution in [0, 0.1) is 5.92 Å². The van der Waals surface area contributed by atoms with Gasteiger partial charge in [0.25, 0.3) is 14.2 Å². The molecule has 1 saturated heterocycles. The van der Waals surface area contributed by atoms with Crippen molar-refractivity contribution in [3.05, 3.63) is 29.8 Å². The molecule has 0 aliphatic carbocycles. The van der Waals surface area contributed by atoms with Crippen molar-refractivity contribution in [1.82, 2.24) is 10.4 Å². The highest BCUT2D eigenvalue weighted by Crippen LogP contribution is 2.44. The first-order valence-corrected chi connectivity index (χ1v) is 15.4. The number of nitrogens with zero attached hydrogens (tertiary/aromatic N) is 1. The number of benzene rings is 1. The molecule has 0 radical (unpaired) electrons. The van der Waals surface area contributed by atoms with Crippen LogP contribution in [0.15, 0.2) is 24.3 Å². The average molecular weight is 509 g/mol. The molecule has 9 heteroatoms. The number of aliphatic hydroxyl groups is 1. The number of nitrogens with one attached hydrogen (secondary N) is 1.